The molecule has 0 aromatic carbocycles. The molecule has 3 unspecified atom stereocenters. The minimum absolute atomic E-state index is 0.0744. The largest absolute Gasteiger partial charge is 0.341 e. The molecule has 2 fully saturated rings. The maximum atomic E-state index is 12.3. The van der Waals surface area contributed by atoms with E-state index in [0.29, 0.717) is 0 Å². The van der Waals surface area contributed by atoms with E-state index < -0.39 is 0 Å². The van der Waals surface area contributed by atoms with Crippen LogP contribution in [0.4, 0.5) is 0 Å². The molecular weight excluding hydrogens is 238 g/mol. The van der Waals surface area contributed by atoms with Crippen LogP contribution in [0, 0.1) is 17.2 Å². The van der Waals surface area contributed by atoms with E-state index in [9.17, 15) is 10.1 Å². The third-order valence-electron chi connectivity index (χ3n) is 4.43. The van der Waals surface area contributed by atoms with Gasteiger partial charge in [0, 0.05) is 19.1 Å². The summed E-state index contributed by atoms with van der Waals surface area (Å²) in [6, 6.07) is 2.43. The Morgan fingerprint density at radius 3 is 2.58 bits per heavy atom. The molecule has 2 aliphatic rings. The summed E-state index contributed by atoms with van der Waals surface area (Å²) >= 11 is 0. The van der Waals surface area contributed by atoms with E-state index in [1.807, 2.05) is 11.8 Å². The third-order valence-corrected chi connectivity index (χ3v) is 4.43. The molecule has 2 rings (SSSR count). The fraction of sp³-hybridized carbons (Fsp3) is 0.867. The minimum atomic E-state index is -0.156. The second kappa shape index (κ2) is 6.91. The Labute approximate surface area is 116 Å². The third kappa shape index (κ3) is 3.70. The zero-order chi connectivity index (χ0) is 13.7. The molecule has 4 heteroatoms. The summed E-state index contributed by atoms with van der Waals surface area (Å²) in [7, 11) is 0. The Balaban J connectivity index is 1.86. The van der Waals surface area contributed by atoms with Gasteiger partial charge >= 0.3 is 0 Å². The number of likely N-dealkylation sites (tertiary alicyclic amines) is 1. The topological polar surface area (TPSA) is 56.1 Å². The van der Waals surface area contributed by atoms with E-state index >= 15 is 0 Å². The molecule has 1 N–H and O–H groups in total. The molecule has 0 aromatic rings. The van der Waals surface area contributed by atoms with Crippen molar-refractivity contribution in [3.05, 3.63) is 0 Å². The number of carbonyl (C=O) groups is 1. The molecule has 1 aliphatic heterocycles. The van der Waals surface area contributed by atoms with Gasteiger partial charge in [-0.25, -0.2) is 0 Å². The van der Waals surface area contributed by atoms with Crippen LogP contribution in [0.1, 0.15) is 51.9 Å². The van der Waals surface area contributed by atoms with Crippen molar-refractivity contribution in [2.24, 2.45) is 5.92 Å². The van der Waals surface area contributed by atoms with E-state index in [1.165, 1.54) is 12.8 Å². The van der Waals surface area contributed by atoms with E-state index in [-0.39, 0.29) is 23.9 Å². The second-order valence-electron chi connectivity index (χ2n) is 5.90. The van der Waals surface area contributed by atoms with Gasteiger partial charge in [-0.2, -0.15) is 5.26 Å². The Bertz CT molecular complexity index is 344. The second-order valence-corrected chi connectivity index (χ2v) is 5.90. The van der Waals surface area contributed by atoms with Crippen LogP contribution in [0.15, 0.2) is 0 Å². The minimum Gasteiger partial charge on any atom is -0.341 e. The first kappa shape index (κ1) is 14.3. The van der Waals surface area contributed by atoms with Crippen LogP contribution in [-0.4, -0.2) is 36.0 Å². The predicted molar refractivity (Wildman–Crippen MR) is 74.4 cm³/mol. The number of nitriles is 1. The molecule has 4 nitrogen and oxygen atoms in total. The molecule has 0 spiro atoms. The molecule has 19 heavy (non-hydrogen) atoms. The molecule has 106 valence electrons. The van der Waals surface area contributed by atoms with Crippen LogP contribution in [-0.2, 0) is 4.79 Å². The summed E-state index contributed by atoms with van der Waals surface area (Å²) in [5, 5.41) is 12.6. The first-order valence-electron chi connectivity index (χ1n) is 7.67. The number of hydrogen-bond donors (Lipinski definition) is 1. The summed E-state index contributed by atoms with van der Waals surface area (Å²) in [5.41, 5.74) is 0. The molecule has 1 aliphatic carbocycles. The molecule has 0 aromatic heterocycles. The number of nitrogens with zero attached hydrogens (tertiary/aromatic N) is 2. The number of piperidine rings is 1. The molecular formula is C15H25N3O. The van der Waals surface area contributed by atoms with Crippen molar-refractivity contribution in [2.75, 3.05) is 13.1 Å². The normalized spacial score (nSPS) is 29.6. The quantitative estimate of drug-likeness (QED) is 0.848. The van der Waals surface area contributed by atoms with Crippen LogP contribution in [0.5, 0.6) is 0 Å². The lowest BCUT2D eigenvalue weighted by molar-refractivity contribution is -0.134. The summed E-state index contributed by atoms with van der Waals surface area (Å²) < 4.78 is 0. The SMILES string of the molecule is CC(NC1CCCCC1C#N)C(=O)N1CCCCC1. The Kier molecular flexibility index (Phi) is 5.21. The van der Waals surface area contributed by atoms with E-state index in [4.69, 9.17) is 0 Å². The van der Waals surface area contributed by atoms with Gasteiger partial charge in [-0.1, -0.05) is 12.8 Å². The highest BCUT2D eigenvalue weighted by Gasteiger charge is 2.29. The molecule has 1 heterocycles. The predicted octanol–water partition coefficient (Wildman–Crippen LogP) is 2.06. The fourth-order valence-electron chi connectivity index (χ4n) is 3.27. The summed E-state index contributed by atoms with van der Waals surface area (Å²) in [5.74, 6) is 0.285. The fourth-order valence-corrected chi connectivity index (χ4v) is 3.27. The Morgan fingerprint density at radius 2 is 1.89 bits per heavy atom. The average molecular weight is 263 g/mol. The smallest absolute Gasteiger partial charge is 0.239 e. The highest BCUT2D eigenvalue weighted by Crippen LogP contribution is 2.24. The highest BCUT2D eigenvalue weighted by atomic mass is 16.2. The molecule has 3 atom stereocenters. The lowest BCUT2D eigenvalue weighted by Gasteiger charge is -2.33. The van der Waals surface area contributed by atoms with Crippen molar-refractivity contribution < 1.29 is 4.79 Å². The van der Waals surface area contributed by atoms with Crippen LogP contribution in [0.2, 0.25) is 0 Å². The molecule has 1 saturated carbocycles. The van der Waals surface area contributed by atoms with Crippen molar-refractivity contribution in [3.63, 3.8) is 0 Å². The summed E-state index contributed by atoms with van der Waals surface area (Å²) in [6.45, 7) is 3.74. The maximum absolute atomic E-state index is 12.3. The van der Waals surface area contributed by atoms with Gasteiger partial charge in [0.15, 0.2) is 0 Å². The average Bonchev–Trinajstić information content (AvgIpc) is 2.48. The Hall–Kier alpha value is -1.08. The van der Waals surface area contributed by atoms with Gasteiger partial charge in [0.2, 0.25) is 5.91 Å². The standard InChI is InChI=1S/C15H25N3O/c1-12(15(19)18-9-5-2-6-10-18)17-14-8-4-3-7-13(14)11-16/h12-14,17H,2-10H2,1H3. The van der Waals surface area contributed by atoms with Gasteiger partial charge in [-0.15, -0.1) is 0 Å². The first-order chi connectivity index (χ1) is 9.22. The first-order valence-corrected chi connectivity index (χ1v) is 7.67. The Morgan fingerprint density at radius 1 is 1.21 bits per heavy atom. The summed E-state index contributed by atoms with van der Waals surface area (Å²) in [4.78, 5) is 14.3. The van der Waals surface area contributed by atoms with E-state index in [1.54, 1.807) is 0 Å². The molecule has 1 saturated heterocycles. The summed E-state index contributed by atoms with van der Waals surface area (Å²) in [6.07, 6.45) is 7.80. The molecule has 0 radical (unpaired) electrons. The highest BCUT2D eigenvalue weighted by molar-refractivity contribution is 5.81. The van der Waals surface area contributed by atoms with Gasteiger partial charge in [0.05, 0.1) is 18.0 Å². The molecule has 1 amide bonds. The van der Waals surface area contributed by atoms with Gasteiger partial charge in [-0.3, -0.25) is 4.79 Å². The monoisotopic (exact) mass is 263 g/mol. The zero-order valence-electron chi connectivity index (χ0n) is 11.9. The van der Waals surface area contributed by atoms with Crippen LogP contribution in [0.25, 0.3) is 0 Å². The number of hydrogen-bond acceptors (Lipinski definition) is 3. The van der Waals surface area contributed by atoms with Gasteiger partial charge < -0.3 is 10.2 Å². The van der Waals surface area contributed by atoms with Crippen LogP contribution in [0.3, 0.4) is 0 Å². The zero-order valence-corrected chi connectivity index (χ0v) is 11.9. The number of rotatable bonds is 3. The maximum Gasteiger partial charge on any atom is 0.239 e. The van der Waals surface area contributed by atoms with Crippen molar-refractivity contribution in [1.29, 1.82) is 5.26 Å². The van der Waals surface area contributed by atoms with Crippen molar-refractivity contribution in [2.45, 2.75) is 64.0 Å². The van der Waals surface area contributed by atoms with E-state index in [2.05, 4.69) is 11.4 Å². The van der Waals surface area contributed by atoms with Crippen molar-refractivity contribution >= 4 is 5.91 Å². The number of amides is 1. The van der Waals surface area contributed by atoms with E-state index in [0.717, 1.165) is 45.2 Å². The van der Waals surface area contributed by atoms with Gasteiger partial charge in [0.25, 0.3) is 0 Å². The van der Waals surface area contributed by atoms with Crippen LogP contribution >= 0.6 is 0 Å². The van der Waals surface area contributed by atoms with Gasteiger partial charge in [-0.05, 0) is 39.0 Å². The van der Waals surface area contributed by atoms with Crippen LogP contribution < -0.4 is 5.32 Å². The lowest BCUT2D eigenvalue weighted by Crippen LogP contribution is -2.51. The number of nitrogens with one attached hydrogen (secondary N) is 1. The number of carbonyl (C=O) groups excluding carboxylic acids is 1. The van der Waals surface area contributed by atoms with Crippen molar-refractivity contribution in [3.8, 4) is 6.07 Å². The van der Waals surface area contributed by atoms with Crippen molar-refractivity contribution in [1.82, 2.24) is 10.2 Å². The van der Waals surface area contributed by atoms with Gasteiger partial charge in [0.1, 0.15) is 0 Å². The lowest BCUT2D eigenvalue weighted by atomic mass is 9.85. The molecule has 0 bridgehead atoms.